The molecule has 2 rings (SSSR count). The number of hydrogen-bond donors (Lipinski definition) is 0. The molecule has 78 valence electrons. The Morgan fingerprint density at radius 3 is 3.00 bits per heavy atom. The number of aromatic nitrogens is 1. The normalized spacial score (nSPS) is 10.3. The summed E-state index contributed by atoms with van der Waals surface area (Å²) in [4.78, 5) is 3.98. The monoisotopic (exact) mass is 271 g/mol. The molecule has 5 heteroatoms. The van der Waals surface area contributed by atoms with E-state index in [9.17, 15) is 4.39 Å². The smallest absolute Gasteiger partial charge is 0.233 e. The van der Waals surface area contributed by atoms with Crippen molar-refractivity contribution in [2.45, 2.75) is 6.61 Å². The van der Waals surface area contributed by atoms with Gasteiger partial charge in [-0.1, -0.05) is 6.07 Å². The number of rotatable bonds is 3. The van der Waals surface area contributed by atoms with Crippen LogP contribution < -0.4 is 4.74 Å². The highest BCUT2D eigenvalue weighted by atomic mass is 79.9. The summed E-state index contributed by atoms with van der Waals surface area (Å²) in [7, 11) is 0. The molecule has 0 N–H and O–H groups in total. The van der Waals surface area contributed by atoms with Gasteiger partial charge in [-0.2, -0.15) is 0 Å². The summed E-state index contributed by atoms with van der Waals surface area (Å²) in [6.07, 6.45) is 1.46. The first-order chi connectivity index (χ1) is 7.24. The van der Waals surface area contributed by atoms with E-state index >= 15 is 0 Å². The van der Waals surface area contributed by atoms with Gasteiger partial charge in [0.1, 0.15) is 22.4 Å². The van der Waals surface area contributed by atoms with Gasteiger partial charge < -0.3 is 9.15 Å². The molecule has 3 nitrogen and oxygen atoms in total. The fraction of sp³-hybridized carbons (Fsp3) is 0.100. The van der Waals surface area contributed by atoms with Gasteiger partial charge in [0.25, 0.3) is 0 Å². The second-order valence-corrected chi connectivity index (χ2v) is 3.62. The van der Waals surface area contributed by atoms with Crippen LogP contribution in [-0.4, -0.2) is 4.98 Å². The van der Waals surface area contributed by atoms with Gasteiger partial charge in [0.15, 0.2) is 6.61 Å². The highest BCUT2D eigenvalue weighted by Gasteiger charge is 2.02. The summed E-state index contributed by atoms with van der Waals surface area (Å²) in [6, 6.07) is 5.91. The van der Waals surface area contributed by atoms with Crippen molar-refractivity contribution in [2.24, 2.45) is 0 Å². The first-order valence-corrected chi connectivity index (χ1v) is 5.01. The molecule has 0 amide bonds. The zero-order chi connectivity index (χ0) is 10.7. The number of benzene rings is 1. The fourth-order valence-electron chi connectivity index (χ4n) is 1.06. The number of hydrogen-bond acceptors (Lipinski definition) is 3. The maximum absolute atomic E-state index is 12.8. The molecule has 0 aliphatic rings. The molecule has 1 heterocycles. The van der Waals surface area contributed by atoms with E-state index in [-0.39, 0.29) is 12.4 Å². The molecular weight excluding hydrogens is 265 g/mol. The van der Waals surface area contributed by atoms with Crippen LogP contribution in [-0.2, 0) is 6.61 Å². The quantitative estimate of drug-likeness (QED) is 0.860. The van der Waals surface area contributed by atoms with Crippen LogP contribution >= 0.6 is 15.9 Å². The molecule has 2 aromatic rings. The number of nitrogens with zero attached hydrogens (tertiary/aromatic N) is 1. The predicted molar refractivity (Wildman–Crippen MR) is 54.9 cm³/mol. The topological polar surface area (TPSA) is 35.3 Å². The molecule has 0 aliphatic heterocycles. The average molecular weight is 272 g/mol. The van der Waals surface area contributed by atoms with Gasteiger partial charge in [-0.25, -0.2) is 9.37 Å². The van der Waals surface area contributed by atoms with Crippen molar-refractivity contribution in [1.29, 1.82) is 0 Å². The highest BCUT2D eigenvalue weighted by Crippen LogP contribution is 2.15. The van der Waals surface area contributed by atoms with Gasteiger partial charge in [-0.3, -0.25) is 0 Å². The van der Waals surface area contributed by atoms with E-state index in [2.05, 4.69) is 20.9 Å². The third-order valence-electron chi connectivity index (χ3n) is 1.68. The molecule has 15 heavy (non-hydrogen) atoms. The Morgan fingerprint density at radius 1 is 1.47 bits per heavy atom. The maximum atomic E-state index is 12.8. The molecule has 1 aromatic heterocycles. The van der Waals surface area contributed by atoms with Crippen LogP contribution in [0.5, 0.6) is 5.75 Å². The van der Waals surface area contributed by atoms with Crippen molar-refractivity contribution in [1.82, 2.24) is 4.98 Å². The molecule has 0 saturated carbocycles. The van der Waals surface area contributed by atoms with Gasteiger partial charge >= 0.3 is 0 Å². The van der Waals surface area contributed by atoms with Gasteiger partial charge in [-0.15, -0.1) is 0 Å². The van der Waals surface area contributed by atoms with E-state index in [0.717, 1.165) is 0 Å². The SMILES string of the molecule is Fc1cccc(OCc2nc(Br)co2)c1. The van der Waals surface area contributed by atoms with E-state index in [1.54, 1.807) is 12.1 Å². The molecule has 0 radical (unpaired) electrons. The Balaban J connectivity index is 1.99. The van der Waals surface area contributed by atoms with Crippen molar-refractivity contribution in [2.75, 3.05) is 0 Å². The van der Waals surface area contributed by atoms with Crippen LogP contribution in [0.15, 0.2) is 39.5 Å². The summed E-state index contributed by atoms with van der Waals surface area (Å²) >= 11 is 3.15. The van der Waals surface area contributed by atoms with Gasteiger partial charge in [0, 0.05) is 6.07 Å². The number of ether oxygens (including phenoxy) is 1. The van der Waals surface area contributed by atoms with Crippen molar-refractivity contribution in [3.8, 4) is 5.75 Å². The zero-order valence-corrected chi connectivity index (χ0v) is 9.20. The minimum Gasteiger partial charge on any atom is -0.484 e. The van der Waals surface area contributed by atoms with Gasteiger partial charge in [0.05, 0.1) is 0 Å². The van der Waals surface area contributed by atoms with E-state index in [1.807, 2.05) is 0 Å². The summed E-state index contributed by atoms with van der Waals surface area (Å²) in [5.41, 5.74) is 0. The van der Waals surface area contributed by atoms with E-state index in [0.29, 0.717) is 16.2 Å². The molecule has 0 fully saturated rings. The second-order valence-electron chi connectivity index (χ2n) is 2.81. The number of oxazole rings is 1. The molecule has 0 unspecified atom stereocenters. The molecule has 0 bridgehead atoms. The molecule has 1 aromatic carbocycles. The molecule has 0 saturated heterocycles. The Kier molecular flexibility index (Phi) is 3.01. The van der Waals surface area contributed by atoms with Crippen LogP contribution in [0.4, 0.5) is 4.39 Å². The third kappa shape index (κ3) is 2.79. The Bertz CT molecular complexity index is 458. The Hall–Kier alpha value is -1.36. The van der Waals surface area contributed by atoms with E-state index in [1.165, 1.54) is 18.4 Å². The lowest BCUT2D eigenvalue weighted by Gasteiger charge is -2.02. The van der Waals surface area contributed by atoms with Crippen LogP contribution in [0.2, 0.25) is 0 Å². The molecule has 0 atom stereocenters. The van der Waals surface area contributed by atoms with Gasteiger partial charge in [0.2, 0.25) is 5.89 Å². The zero-order valence-electron chi connectivity index (χ0n) is 7.61. The minimum atomic E-state index is -0.332. The van der Waals surface area contributed by atoms with Crippen molar-refractivity contribution in [3.63, 3.8) is 0 Å². The Labute approximate surface area is 94.0 Å². The lowest BCUT2D eigenvalue weighted by atomic mass is 10.3. The van der Waals surface area contributed by atoms with Crippen LogP contribution in [0.1, 0.15) is 5.89 Å². The lowest BCUT2D eigenvalue weighted by Crippen LogP contribution is -1.95. The third-order valence-corrected chi connectivity index (χ3v) is 2.05. The fourth-order valence-corrected chi connectivity index (χ4v) is 1.35. The predicted octanol–water partition coefficient (Wildman–Crippen LogP) is 3.16. The summed E-state index contributed by atoms with van der Waals surface area (Å²) in [5.74, 6) is 0.552. The largest absolute Gasteiger partial charge is 0.484 e. The van der Waals surface area contributed by atoms with Crippen LogP contribution in [0.3, 0.4) is 0 Å². The lowest BCUT2D eigenvalue weighted by molar-refractivity contribution is 0.262. The first kappa shape index (κ1) is 10.2. The average Bonchev–Trinajstić information content (AvgIpc) is 2.62. The van der Waals surface area contributed by atoms with Crippen molar-refractivity contribution in [3.05, 3.63) is 46.8 Å². The molecular formula is C10H7BrFNO2. The summed E-state index contributed by atoms with van der Waals surface area (Å²) in [5, 5.41) is 0. The molecule has 0 spiro atoms. The highest BCUT2D eigenvalue weighted by molar-refractivity contribution is 9.10. The minimum absolute atomic E-state index is 0.176. The maximum Gasteiger partial charge on any atom is 0.233 e. The van der Waals surface area contributed by atoms with Crippen LogP contribution in [0.25, 0.3) is 0 Å². The van der Waals surface area contributed by atoms with E-state index < -0.39 is 0 Å². The first-order valence-electron chi connectivity index (χ1n) is 4.22. The summed E-state index contributed by atoms with van der Waals surface area (Å²) in [6.45, 7) is 0.176. The van der Waals surface area contributed by atoms with E-state index in [4.69, 9.17) is 9.15 Å². The Morgan fingerprint density at radius 2 is 2.33 bits per heavy atom. The van der Waals surface area contributed by atoms with Gasteiger partial charge in [-0.05, 0) is 28.1 Å². The molecule has 0 aliphatic carbocycles. The summed E-state index contributed by atoms with van der Waals surface area (Å²) < 4.78 is 23.7. The van der Waals surface area contributed by atoms with Crippen molar-refractivity contribution >= 4 is 15.9 Å². The number of halogens is 2. The van der Waals surface area contributed by atoms with Crippen LogP contribution in [0, 0.1) is 5.82 Å². The van der Waals surface area contributed by atoms with Crippen molar-refractivity contribution < 1.29 is 13.5 Å². The second kappa shape index (κ2) is 4.44. The standard InChI is InChI=1S/C10H7BrFNO2/c11-9-5-15-10(13-9)6-14-8-3-1-2-7(12)4-8/h1-5H,6H2.